The van der Waals surface area contributed by atoms with Crippen molar-refractivity contribution in [3.63, 3.8) is 0 Å². The zero-order valence-electron chi connectivity index (χ0n) is 11.2. The molecule has 1 fully saturated rings. The Kier molecular flexibility index (Phi) is 2.57. The van der Waals surface area contributed by atoms with Crippen molar-refractivity contribution in [1.82, 2.24) is 14.8 Å². The van der Waals surface area contributed by atoms with E-state index < -0.39 is 0 Å². The van der Waals surface area contributed by atoms with Crippen molar-refractivity contribution in [3.8, 4) is 5.69 Å². The molecule has 0 spiro atoms. The SMILES string of the molecule is NCc1cnc2ccccc2c1-n1ccc(C2CC2)n1. The Balaban J connectivity index is 1.95. The molecule has 3 aromatic rings. The van der Waals surface area contributed by atoms with E-state index in [-0.39, 0.29) is 0 Å². The molecule has 2 N–H and O–H groups in total. The molecule has 1 aliphatic carbocycles. The van der Waals surface area contributed by atoms with Crippen molar-refractivity contribution in [2.45, 2.75) is 25.3 Å². The first-order valence-corrected chi connectivity index (χ1v) is 6.99. The lowest BCUT2D eigenvalue weighted by molar-refractivity contribution is 0.827. The molecule has 1 saturated carbocycles. The molecule has 2 aromatic heterocycles. The number of nitrogens with two attached hydrogens (primary N) is 1. The molecule has 0 unspecified atom stereocenters. The van der Waals surface area contributed by atoms with Crippen LogP contribution in [0.25, 0.3) is 16.6 Å². The summed E-state index contributed by atoms with van der Waals surface area (Å²) in [6, 6.07) is 10.2. The molecular formula is C16H16N4. The van der Waals surface area contributed by atoms with E-state index in [0.717, 1.165) is 22.2 Å². The molecule has 2 heterocycles. The highest BCUT2D eigenvalue weighted by atomic mass is 15.3. The molecule has 0 atom stereocenters. The third-order valence-electron chi connectivity index (χ3n) is 3.88. The van der Waals surface area contributed by atoms with Gasteiger partial charge in [-0.3, -0.25) is 4.98 Å². The van der Waals surface area contributed by atoms with Gasteiger partial charge in [-0.1, -0.05) is 18.2 Å². The minimum atomic E-state index is 0.464. The maximum Gasteiger partial charge on any atom is 0.0799 e. The van der Waals surface area contributed by atoms with Gasteiger partial charge in [0.05, 0.1) is 16.9 Å². The Morgan fingerprint density at radius 3 is 2.85 bits per heavy atom. The van der Waals surface area contributed by atoms with Crippen LogP contribution in [0.1, 0.15) is 30.0 Å². The van der Waals surface area contributed by atoms with Crippen molar-refractivity contribution in [3.05, 3.63) is 54.0 Å². The third-order valence-corrected chi connectivity index (χ3v) is 3.88. The van der Waals surface area contributed by atoms with Crippen molar-refractivity contribution in [2.24, 2.45) is 5.73 Å². The van der Waals surface area contributed by atoms with Gasteiger partial charge < -0.3 is 5.73 Å². The summed E-state index contributed by atoms with van der Waals surface area (Å²) in [7, 11) is 0. The molecule has 4 rings (SSSR count). The first kappa shape index (κ1) is 11.6. The van der Waals surface area contributed by atoms with E-state index in [1.807, 2.05) is 35.3 Å². The van der Waals surface area contributed by atoms with Crippen LogP contribution in [-0.4, -0.2) is 14.8 Å². The summed E-state index contributed by atoms with van der Waals surface area (Å²) in [6.45, 7) is 0.464. The normalized spacial score (nSPS) is 14.8. The number of fused-ring (bicyclic) bond motifs is 1. The lowest BCUT2D eigenvalue weighted by atomic mass is 10.1. The zero-order chi connectivity index (χ0) is 13.5. The van der Waals surface area contributed by atoms with E-state index in [1.54, 1.807) is 0 Å². The lowest BCUT2D eigenvalue weighted by Gasteiger charge is -2.11. The molecule has 20 heavy (non-hydrogen) atoms. The summed E-state index contributed by atoms with van der Waals surface area (Å²) >= 11 is 0. The van der Waals surface area contributed by atoms with Crippen LogP contribution in [0.3, 0.4) is 0 Å². The predicted molar refractivity (Wildman–Crippen MR) is 78.7 cm³/mol. The number of benzene rings is 1. The molecule has 100 valence electrons. The molecule has 0 amide bonds. The average molecular weight is 264 g/mol. The molecule has 0 radical (unpaired) electrons. The predicted octanol–water partition coefficient (Wildman–Crippen LogP) is 2.76. The fourth-order valence-electron chi connectivity index (χ4n) is 2.65. The number of hydrogen-bond donors (Lipinski definition) is 1. The molecule has 4 heteroatoms. The van der Waals surface area contributed by atoms with E-state index in [0.29, 0.717) is 12.5 Å². The van der Waals surface area contributed by atoms with Crippen molar-refractivity contribution in [2.75, 3.05) is 0 Å². The van der Waals surface area contributed by atoms with Gasteiger partial charge in [0.25, 0.3) is 0 Å². The molecule has 1 aromatic carbocycles. The Hall–Kier alpha value is -2.20. The van der Waals surface area contributed by atoms with E-state index in [2.05, 4.69) is 17.1 Å². The lowest BCUT2D eigenvalue weighted by Crippen LogP contribution is -2.07. The average Bonchev–Trinajstić information content (AvgIpc) is 3.24. The molecule has 1 aliphatic rings. The fourth-order valence-corrected chi connectivity index (χ4v) is 2.65. The highest BCUT2D eigenvalue weighted by molar-refractivity contribution is 5.88. The summed E-state index contributed by atoms with van der Waals surface area (Å²) < 4.78 is 1.96. The van der Waals surface area contributed by atoms with Crippen LogP contribution in [0, 0.1) is 0 Å². The number of para-hydroxylation sites is 1. The van der Waals surface area contributed by atoms with Gasteiger partial charge >= 0.3 is 0 Å². The quantitative estimate of drug-likeness (QED) is 0.791. The first-order valence-electron chi connectivity index (χ1n) is 6.99. The molecule has 0 aliphatic heterocycles. The topological polar surface area (TPSA) is 56.7 Å². The Labute approximate surface area is 117 Å². The monoisotopic (exact) mass is 264 g/mol. The summed E-state index contributed by atoms with van der Waals surface area (Å²) in [6.07, 6.45) is 6.42. The number of hydrogen-bond acceptors (Lipinski definition) is 3. The van der Waals surface area contributed by atoms with Crippen LogP contribution in [-0.2, 0) is 6.54 Å². The van der Waals surface area contributed by atoms with E-state index >= 15 is 0 Å². The van der Waals surface area contributed by atoms with Crippen molar-refractivity contribution >= 4 is 10.9 Å². The van der Waals surface area contributed by atoms with Crippen LogP contribution in [0.5, 0.6) is 0 Å². The van der Waals surface area contributed by atoms with Crippen LogP contribution in [0.2, 0.25) is 0 Å². The zero-order valence-corrected chi connectivity index (χ0v) is 11.2. The second-order valence-corrected chi connectivity index (χ2v) is 5.31. The molecule has 4 nitrogen and oxygen atoms in total. The maximum atomic E-state index is 5.88. The van der Waals surface area contributed by atoms with Gasteiger partial charge in [-0.2, -0.15) is 5.10 Å². The second-order valence-electron chi connectivity index (χ2n) is 5.31. The standard InChI is InChI=1S/C16H16N4/c17-9-12-10-18-15-4-2-1-3-13(15)16(12)20-8-7-14(19-20)11-5-6-11/h1-4,7-8,10-11H,5-6,9,17H2. The second kappa shape index (κ2) is 4.42. The summed E-state index contributed by atoms with van der Waals surface area (Å²) in [5.41, 5.74) is 10.1. The van der Waals surface area contributed by atoms with Crippen LogP contribution >= 0.6 is 0 Å². The summed E-state index contributed by atoms with van der Waals surface area (Å²) in [5.74, 6) is 0.658. The number of rotatable bonds is 3. The minimum Gasteiger partial charge on any atom is -0.326 e. The summed E-state index contributed by atoms with van der Waals surface area (Å²) in [4.78, 5) is 4.47. The minimum absolute atomic E-state index is 0.464. The Morgan fingerprint density at radius 1 is 1.20 bits per heavy atom. The van der Waals surface area contributed by atoms with Gasteiger partial charge in [0.1, 0.15) is 0 Å². The van der Waals surface area contributed by atoms with Gasteiger partial charge in [-0.15, -0.1) is 0 Å². The van der Waals surface area contributed by atoms with Gasteiger partial charge in [-0.25, -0.2) is 4.68 Å². The smallest absolute Gasteiger partial charge is 0.0799 e. The van der Waals surface area contributed by atoms with Gasteiger partial charge in [0.2, 0.25) is 0 Å². The molecule has 0 saturated heterocycles. The van der Waals surface area contributed by atoms with Crippen LogP contribution in [0.15, 0.2) is 42.7 Å². The van der Waals surface area contributed by atoms with Crippen LogP contribution < -0.4 is 5.73 Å². The van der Waals surface area contributed by atoms with Crippen molar-refractivity contribution in [1.29, 1.82) is 0 Å². The van der Waals surface area contributed by atoms with Gasteiger partial charge in [0, 0.05) is 35.8 Å². The van der Waals surface area contributed by atoms with Crippen LogP contribution in [0.4, 0.5) is 0 Å². The summed E-state index contributed by atoms with van der Waals surface area (Å²) in [5, 5.41) is 5.83. The molecule has 0 bridgehead atoms. The van der Waals surface area contributed by atoms with Gasteiger partial charge in [0.15, 0.2) is 0 Å². The largest absolute Gasteiger partial charge is 0.326 e. The Bertz CT molecular complexity index is 771. The fraction of sp³-hybridized carbons (Fsp3) is 0.250. The Morgan fingerprint density at radius 2 is 2.05 bits per heavy atom. The van der Waals surface area contributed by atoms with Gasteiger partial charge in [-0.05, 0) is 25.0 Å². The van der Waals surface area contributed by atoms with E-state index in [1.165, 1.54) is 18.5 Å². The highest BCUT2D eigenvalue weighted by Gasteiger charge is 2.26. The number of pyridine rings is 1. The third kappa shape index (κ3) is 1.80. The highest BCUT2D eigenvalue weighted by Crippen LogP contribution is 2.39. The van der Waals surface area contributed by atoms with Crippen molar-refractivity contribution < 1.29 is 0 Å². The first-order chi connectivity index (χ1) is 9.86. The van der Waals surface area contributed by atoms with E-state index in [9.17, 15) is 0 Å². The number of nitrogens with zero attached hydrogens (tertiary/aromatic N) is 3. The molecular weight excluding hydrogens is 248 g/mol. The maximum absolute atomic E-state index is 5.88. The van der Waals surface area contributed by atoms with E-state index in [4.69, 9.17) is 10.8 Å². The number of aromatic nitrogens is 3.